The topological polar surface area (TPSA) is 20.3 Å². The Morgan fingerprint density at radius 1 is 1.35 bits per heavy atom. The Morgan fingerprint density at radius 3 is 2.65 bits per heavy atom. The molecule has 2 saturated carbocycles. The molecule has 2 fully saturated rings. The zero-order chi connectivity index (χ0) is 11.8. The number of halogens is 2. The number of carbonyl (C=O) groups excluding carboxylic acids is 1. The zero-order valence-corrected chi connectivity index (χ0v) is 10.8. The molecule has 17 heavy (non-hydrogen) atoms. The van der Waals surface area contributed by atoms with E-state index in [0.717, 1.165) is 36.9 Å². The zero-order valence-electron chi connectivity index (χ0n) is 9.17. The highest BCUT2D eigenvalue weighted by atomic mass is 79.9. The van der Waals surface area contributed by atoms with Crippen LogP contribution in [-0.2, 0) is 10.2 Å². The Kier molecular flexibility index (Phi) is 1.72. The van der Waals surface area contributed by atoms with Gasteiger partial charge in [0.1, 0.15) is 5.82 Å². The maximum atomic E-state index is 13.6. The van der Waals surface area contributed by atoms with Crippen LogP contribution < -0.4 is 4.90 Å². The van der Waals surface area contributed by atoms with Gasteiger partial charge in [-0.2, -0.15) is 0 Å². The molecule has 0 unspecified atom stereocenters. The van der Waals surface area contributed by atoms with E-state index in [9.17, 15) is 9.18 Å². The van der Waals surface area contributed by atoms with Gasteiger partial charge in [0, 0.05) is 6.04 Å². The van der Waals surface area contributed by atoms with Crippen LogP contribution >= 0.6 is 15.9 Å². The summed E-state index contributed by atoms with van der Waals surface area (Å²) in [5.41, 5.74) is 1.55. The number of anilines is 1. The SMILES string of the molecule is O=C1N(C2CC2)c2cc(F)c(Br)cc2C12CC2. The molecule has 1 aromatic rings. The molecule has 1 spiro atoms. The van der Waals surface area contributed by atoms with E-state index >= 15 is 0 Å². The number of benzene rings is 1. The Bertz CT molecular complexity index is 549. The summed E-state index contributed by atoms with van der Waals surface area (Å²) in [6, 6.07) is 3.64. The minimum atomic E-state index is -0.297. The standard InChI is InChI=1S/C13H11BrFNO/c14-9-5-8-11(6-10(9)15)16(7-1-2-7)12(17)13(8)3-4-13/h5-7H,1-4H2. The Balaban J connectivity index is 1.95. The van der Waals surface area contributed by atoms with Gasteiger partial charge in [-0.05, 0) is 59.3 Å². The van der Waals surface area contributed by atoms with Crippen LogP contribution in [0.25, 0.3) is 0 Å². The second kappa shape index (κ2) is 2.91. The monoisotopic (exact) mass is 295 g/mol. The minimum Gasteiger partial charge on any atom is -0.308 e. The summed E-state index contributed by atoms with van der Waals surface area (Å²) >= 11 is 3.22. The largest absolute Gasteiger partial charge is 0.308 e. The first-order chi connectivity index (χ1) is 8.13. The van der Waals surface area contributed by atoms with Gasteiger partial charge in [-0.3, -0.25) is 4.79 Å². The van der Waals surface area contributed by atoms with E-state index in [1.165, 1.54) is 6.07 Å². The molecule has 0 saturated heterocycles. The average molecular weight is 296 g/mol. The Hall–Kier alpha value is -0.900. The third kappa shape index (κ3) is 1.17. The van der Waals surface area contributed by atoms with Crippen molar-refractivity contribution in [1.82, 2.24) is 0 Å². The predicted octanol–water partition coefficient (Wildman–Crippen LogP) is 3.13. The van der Waals surface area contributed by atoms with Crippen LogP contribution in [0.5, 0.6) is 0 Å². The van der Waals surface area contributed by atoms with Gasteiger partial charge in [-0.1, -0.05) is 0 Å². The van der Waals surface area contributed by atoms with Crippen molar-refractivity contribution < 1.29 is 9.18 Å². The molecular weight excluding hydrogens is 285 g/mol. The average Bonchev–Trinajstić information content (AvgIpc) is 3.14. The van der Waals surface area contributed by atoms with E-state index in [4.69, 9.17) is 0 Å². The molecule has 0 atom stereocenters. The van der Waals surface area contributed by atoms with E-state index < -0.39 is 0 Å². The molecule has 2 nitrogen and oxygen atoms in total. The van der Waals surface area contributed by atoms with Gasteiger partial charge < -0.3 is 4.90 Å². The Morgan fingerprint density at radius 2 is 2.06 bits per heavy atom. The summed E-state index contributed by atoms with van der Waals surface area (Å²) in [7, 11) is 0. The third-order valence-corrected chi connectivity index (χ3v) is 4.71. The van der Waals surface area contributed by atoms with Crippen molar-refractivity contribution in [1.29, 1.82) is 0 Å². The van der Waals surface area contributed by atoms with Crippen LogP contribution in [0.1, 0.15) is 31.2 Å². The molecule has 0 aromatic heterocycles. The van der Waals surface area contributed by atoms with Gasteiger partial charge in [-0.15, -0.1) is 0 Å². The van der Waals surface area contributed by atoms with Crippen LogP contribution in [0.3, 0.4) is 0 Å². The number of carbonyl (C=O) groups is 1. The lowest BCUT2D eigenvalue weighted by atomic mass is 9.98. The summed E-state index contributed by atoms with van der Waals surface area (Å²) < 4.78 is 14.1. The van der Waals surface area contributed by atoms with Crippen LogP contribution in [-0.4, -0.2) is 11.9 Å². The predicted molar refractivity (Wildman–Crippen MR) is 65.5 cm³/mol. The number of nitrogens with zero attached hydrogens (tertiary/aromatic N) is 1. The molecule has 0 N–H and O–H groups in total. The van der Waals surface area contributed by atoms with Gasteiger partial charge in [0.25, 0.3) is 0 Å². The van der Waals surface area contributed by atoms with Crippen molar-refractivity contribution in [2.45, 2.75) is 37.1 Å². The van der Waals surface area contributed by atoms with Crippen molar-refractivity contribution >= 4 is 27.5 Å². The lowest BCUT2D eigenvalue weighted by Gasteiger charge is -2.17. The van der Waals surface area contributed by atoms with Crippen molar-refractivity contribution in [3.63, 3.8) is 0 Å². The van der Waals surface area contributed by atoms with Crippen LogP contribution in [0, 0.1) is 5.82 Å². The minimum absolute atomic E-state index is 0.201. The van der Waals surface area contributed by atoms with Gasteiger partial charge in [0.05, 0.1) is 15.6 Å². The molecule has 4 rings (SSSR count). The lowest BCUT2D eigenvalue weighted by molar-refractivity contribution is -0.120. The van der Waals surface area contributed by atoms with Gasteiger partial charge >= 0.3 is 0 Å². The fourth-order valence-corrected chi connectivity index (χ4v) is 3.22. The van der Waals surface area contributed by atoms with Crippen molar-refractivity contribution in [2.75, 3.05) is 4.90 Å². The number of hydrogen-bond acceptors (Lipinski definition) is 1. The number of fused-ring (bicyclic) bond motifs is 2. The quantitative estimate of drug-likeness (QED) is 0.779. The fourth-order valence-electron chi connectivity index (χ4n) is 2.88. The second-order valence-corrected chi connectivity index (χ2v) is 6.13. The molecule has 1 aromatic carbocycles. The van der Waals surface area contributed by atoms with Crippen LogP contribution in [0.15, 0.2) is 16.6 Å². The number of amides is 1. The summed E-state index contributed by atoms with van der Waals surface area (Å²) in [6.07, 6.45) is 3.94. The molecule has 1 amide bonds. The highest BCUT2D eigenvalue weighted by Gasteiger charge is 2.61. The van der Waals surface area contributed by atoms with Crippen LogP contribution in [0.4, 0.5) is 10.1 Å². The van der Waals surface area contributed by atoms with Crippen molar-refractivity contribution in [3.05, 3.63) is 28.0 Å². The molecule has 4 heteroatoms. The number of hydrogen-bond donors (Lipinski definition) is 0. The van der Waals surface area contributed by atoms with Crippen molar-refractivity contribution in [2.24, 2.45) is 0 Å². The normalized spacial score (nSPS) is 24.4. The molecule has 88 valence electrons. The smallest absolute Gasteiger partial charge is 0.237 e. The molecule has 1 heterocycles. The number of rotatable bonds is 1. The highest BCUT2D eigenvalue weighted by molar-refractivity contribution is 9.10. The lowest BCUT2D eigenvalue weighted by Crippen LogP contribution is -2.33. The maximum Gasteiger partial charge on any atom is 0.237 e. The second-order valence-electron chi connectivity index (χ2n) is 5.27. The van der Waals surface area contributed by atoms with Crippen LogP contribution in [0.2, 0.25) is 0 Å². The molecule has 0 bridgehead atoms. The van der Waals surface area contributed by atoms with Crippen molar-refractivity contribution in [3.8, 4) is 0 Å². The molecular formula is C13H11BrFNO. The van der Waals surface area contributed by atoms with E-state index in [1.54, 1.807) is 6.07 Å². The molecule has 3 aliphatic rings. The third-order valence-electron chi connectivity index (χ3n) is 4.10. The summed E-state index contributed by atoms with van der Waals surface area (Å²) in [5, 5.41) is 0. The Labute approximate surface area is 107 Å². The van der Waals surface area contributed by atoms with E-state index in [2.05, 4.69) is 15.9 Å². The molecule has 1 aliphatic heterocycles. The van der Waals surface area contributed by atoms with Gasteiger partial charge in [0.15, 0.2) is 0 Å². The summed E-state index contributed by atoms with van der Waals surface area (Å²) in [6.45, 7) is 0. The molecule has 2 aliphatic carbocycles. The maximum absolute atomic E-state index is 13.6. The first-order valence-corrected chi connectivity index (χ1v) is 6.76. The van der Waals surface area contributed by atoms with E-state index in [-0.39, 0.29) is 17.1 Å². The summed E-state index contributed by atoms with van der Waals surface area (Å²) in [4.78, 5) is 14.3. The van der Waals surface area contributed by atoms with Gasteiger partial charge in [-0.25, -0.2) is 4.39 Å². The fraction of sp³-hybridized carbons (Fsp3) is 0.462. The van der Waals surface area contributed by atoms with Gasteiger partial charge in [0.2, 0.25) is 5.91 Å². The first kappa shape index (κ1) is 10.1. The van der Waals surface area contributed by atoms with E-state index in [1.807, 2.05) is 4.90 Å². The molecule has 0 radical (unpaired) electrons. The summed E-state index contributed by atoms with van der Waals surface area (Å²) in [5.74, 6) is -0.0765. The van der Waals surface area contributed by atoms with E-state index in [0.29, 0.717) is 10.5 Å². The first-order valence-electron chi connectivity index (χ1n) is 5.97. The highest BCUT2D eigenvalue weighted by Crippen LogP contribution is 2.59.